The molecular weight excluding hydrogens is 260 g/mol. The molecular formula is C17H30N4. The van der Waals surface area contributed by atoms with E-state index >= 15 is 0 Å². The van der Waals surface area contributed by atoms with Gasteiger partial charge >= 0.3 is 0 Å². The van der Waals surface area contributed by atoms with Crippen LogP contribution in [0.2, 0.25) is 0 Å². The highest BCUT2D eigenvalue weighted by Gasteiger charge is 2.32. The van der Waals surface area contributed by atoms with Crippen LogP contribution in [0.1, 0.15) is 65.6 Å². The van der Waals surface area contributed by atoms with E-state index < -0.39 is 0 Å². The topological polar surface area (TPSA) is 49.8 Å². The van der Waals surface area contributed by atoms with Gasteiger partial charge in [0.15, 0.2) is 0 Å². The number of rotatable bonds is 6. The van der Waals surface area contributed by atoms with Crippen LogP contribution in [0.5, 0.6) is 0 Å². The molecule has 1 fully saturated rings. The zero-order valence-corrected chi connectivity index (χ0v) is 14.0. The second-order valence-corrected chi connectivity index (χ2v) is 6.77. The summed E-state index contributed by atoms with van der Waals surface area (Å²) >= 11 is 0. The minimum atomic E-state index is 0.340. The lowest BCUT2D eigenvalue weighted by molar-refractivity contribution is 0.216. The molecule has 0 spiro atoms. The lowest BCUT2D eigenvalue weighted by Gasteiger charge is -2.39. The van der Waals surface area contributed by atoms with Crippen molar-refractivity contribution in [1.29, 1.82) is 0 Å². The van der Waals surface area contributed by atoms with Gasteiger partial charge in [-0.2, -0.15) is 0 Å². The molecule has 1 aliphatic carbocycles. The van der Waals surface area contributed by atoms with Crippen LogP contribution in [-0.4, -0.2) is 22.6 Å². The Morgan fingerprint density at radius 2 is 1.95 bits per heavy atom. The first kappa shape index (κ1) is 16.1. The molecule has 2 N–H and O–H groups in total. The van der Waals surface area contributed by atoms with E-state index in [1.807, 2.05) is 0 Å². The van der Waals surface area contributed by atoms with Gasteiger partial charge in [-0.15, -0.1) is 0 Å². The van der Waals surface area contributed by atoms with Crippen LogP contribution >= 0.6 is 0 Å². The summed E-state index contributed by atoms with van der Waals surface area (Å²) in [4.78, 5) is 9.21. The Labute approximate surface area is 129 Å². The summed E-state index contributed by atoms with van der Waals surface area (Å²) in [5, 5.41) is 7.05. The van der Waals surface area contributed by atoms with Gasteiger partial charge in [-0.3, -0.25) is 0 Å². The standard InChI is InChI=1S/C17H30N4/c1-5-11-18-15-12-16(21-14(6-2)20-15)19-13-9-7-8-10-17(13,3)4/h12-13H,5-11H2,1-4H3,(H2,18,19,20,21). The smallest absolute Gasteiger partial charge is 0.132 e. The Morgan fingerprint density at radius 3 is 2.62 bits per heavy atom. The monoisotopic (exact) mass is 290 g/mol. The molecule has 1 aromatic heterocycles. The van der Waals surface area contributed by atoms with Crippen molar-refractivity contribution >= 4 is 11.6 Å². The van der Waals surface area contributed by atoms with Gasteiger partial charge in [-0.05, 0) is 24.7 Å². The maximum absolute atomic E-state index is 4.66. The average molecular weight is 290 g/mol. The van der Waals surface area contributed by atoms with E-state index in [2.05, 4.69) is 54.4 Å². The van der Waals surface area contributed by atoms with Crippen molar-refractivity contribution < 1.29 is 0 Å². The SMILES string of the molecule is CCCNc1cc(NC2CCCCC2(C)C)nc(CC)n1. The molecule has 21 heavy (non-hydrogen) atoms. The summed E-state index contributed by atoms with van der Waals surface area (Å²) in [5.74, 6) is 2.83. The van der Waals surface area contributed by atoms with Crippen LogP contribution < -0.4 is 10.6 Å². The Kier molecular flexibility index (Phi) is 5.43. The maximum atomic E-state index is 4.66. The van der Waals surface area contributed by atoms with Crippen LogP contribution in [-0.2, 0) is 6.42 Å². The van der Waals surface area contributed by atoms with Gasteiger partial charge in [0.25, 0.3) is 0 Å². The number of aryl methyl sites for hydroxylation is 1. The van der Waals surface area contributed by atoms with Gasteiger partial charge in [0, 0.05) is 25.1 Å². The van der Waals surface area contributed by atoms with Crippen molar-refractivity contribution in [3.63, 3.8) is 0 Å². The van der Waals surface area contributed by atoms with Crippen molar-refractivity contribution in [3.05, 3.63) is 11.9 Å². The summed E-state index contributed by atoms with van der Waals surface area (Å²) in [5.41, 5.74) is 0.340. The molecule has 0 saturated heterocycles. The molecule has 1 heterocycles. The second-order valence-electron chi connectivity index (χ2n) is 6.77. The Morgan fingerprint density at radius 1 is 1.19 bits per heavy atom. The molecule has 118 valence electrons. The molecule has 0 aromatic carbocycles. The Hall–Kier alpha value is -1.32. The summed E-state index contributed by atoms with van der Waals surface area (Å²) in [7, 11) is 0. The highest BCUT2D eigenvalue weighted by molar-refractivity contribution is 5.48. The number of hydrogen-bond donors (Lipinski definition) is 2. The molecule has 0 amide bonds. The van der Waals surface area contributed by atoms with Gasteiger partial charge in [0.05, 0.1) is 0 Å². The molecule has 1 unspecified atom stereocenters. The molecule has 0 bridgehead atoms. The molecule has 2 rings (SSSR count). The quantitative estimate of drug-likeness (QED) is 0.822. The van der Waals surface area contributed by atoms with Crippen molar-refractivity contribution in [1.82, 2.24) is 9.97 Å². The number of nitrogens with one attached hydrogen (secondary N) is 2. The normalized spacial score (nSPS) is 21.0. The summed E-state index contributed by atoms with van der Waals surface area (Å²) in [6, 6.07) is 2.56. The number of anilines is 2. The molecule has 1 saturated carbocycles. The van der Waals surface area contributed by atoms with E-state index in [1.54, 1.807) is 0 Å². The Balaban J connectivity index is 2.14. The lowest BCUT2D eigenvalue weighted by Crippen LogP contribution is -2.39. The molecule has 0 aliphatic heterocycles. The van der Waals surface area contributed by atoms with Crippen LogP contribution in [0.4, 0.5) is 11.6 Å². The third kappa shape index (κ3) is 4.32. The van der Waals surface area contributed by atoms with E-state index in [-0.39, 0.29) is 0 Å². The van der Waals surface area contributed by atoms with Gasteiger partial charge in [0.1, 0.15) is 17.5 Å². The fourth-order valence-corrected chi connectivity index (χ4v) is 3.01. The number of hydrogen-bond acceptors (Lipinski definition) is 4. The third-order valence-electron chi connectivity index (χ3n) is 4.47. The average Bonchev–Trinajstić information content (AvgIpc) is 2.47. The summed E-state index contributed by atoms with van der Waals surface area (Å²) in [6.07, 6.45) is 7.15. The van der Waals surface area contributed by atoms with E-state index in [1.165, 1.54) is 25.7 Å². The molecule has 1 atom stereocenters. The van der Waals surface area contributed by atoms with Gasteiger partial charge in [0.2, 0.25) is 0 Å². The van der Waals surface area contributed by atoms with Crippen molar-refractivity contribution in [2.75, 3.05) is 17.2 Å². The predicted molar refractivity (Wildman–Crippen MR) is 89.9 cm³/mol. The lowest BCUT2D eigenvalue weighted by atomic mass is 9.73. The molecule has 4 nitrogen and oxygen atoms in total. The maximum Gasteiger partial charge on any atom is 0.132 e. The fraction of sp³-hybridized carbons (Fsp3) is 0.765. The number of aromatic nitrogens is 2. The molecule has 0 radical (unpaired) electrons. The number of nitrogens with zero attached hydrogens (tertiary/aromatic N) is 2. The van der Waals surface area contributed by atoms with Gasteiger partial charge in [-0.1, -0.05) is 40.5 Å². The highest BCUT2D eigenvalue weighted by Crippen LogP contribution is 2.37. The van der Waals surface area contributed by atoms with Gasteiger partial charge in [-0.25, -0.2) is 9.97 Å². The van der Waals surface area contributed by atoms with Crippen LogP contribution in [0, 0.1) is 5.41 Å². The molecule has 4 heteroatoms. The van der Waals surface area contributed by atoms with E-state index in [4.69, 9.17) is 0 Å². The second kappa shape index (κ2) is 7.10. The molecule has 1 aliphatic rings. The first-order valence-corrected chi connectivity index (χ1v) is 8.43. The minimum absolute atomic E-state index is 0.340. The minimum Gasteiger partial charge on any atom is -0.370 e. The zero-order valence-electron chi connectivity index (χ0n) is 14.0. The van der Waals surface area contributed by atoms with Crippen LogP contribution in [0.15, 0.2) is 6.07 Å². The first-order valence-electron chi connectivity index (χ1n) is 8.43. The highest BCUT2D eigenvalue weighted by atomic mass is 15.1. The predicted octanol–water partition coefficient (Wildman–Crippen LogP) is 4.24. The summed E-state index contributed by atoms with van der Waals surface area (Å²) in [6.45, 7) is 9.95. The van der Waals surface area contributed by atoms with Crippen molar-refractivity contribution in [2.24, 2.45) is 5.41 Å². The van der Waals surface area contributed by atoms with Crippen LogP contribution in [0.3, 0.4) is 0 Å². The van der Waals surface area contributed by atoms with Crippen molar-refractivity contribution in [2.45, 2.75) is 72.3 Å². The third-order valence-corrected chi connectivity index (χ3v) is 4.47. The largest absolute Gasteiger partial charge is 0.370 e. The van der Waals surface area contributed by atoms with E-state index in [0.717, 1.165) is 36.8 Å². The van der Waals surface area contributed by atoms with Crippen LogP contribution in [0.25, 0.3) is 0 Å². The van der Waals surface area contributed by atoms with E-state index in [9.17, 15) is 0 Å². The van der Waals surface area contributed by atoms with Crippen molar-refractivity contribution in [3.8, 4) is 0 Å². The fourth-order valence-electron chi connectivity index (χ4n) is 3.01. The van der Waals surface area contributed by atoms with E-state index in [0.29, 0.717) is 11.5 Å². The first-order chi connectivity index (χ1) is 10.0. The molecule has 1 aromatic rings. The zero-order chi connectivity index (χ0) is 15.3. The summed E-state index contributed by atoms with van der Waals surface area (Å²) < 4.78 is 0. The Bertz CT molecular complexity index is 456. The van der Waals surface area contributed by atoms with Gasteiger partial charge < -0.3 is 10.6 Å².